The SMILES string of the molecule is CC1C(C)S(=O)(=O)CCN1c1ncnc2cccc(F)c12. The van der Waals surface area contributed by atoms with E-state index in [0.29, 0.717) is 23.3 Å². The summed E-state index contributed by atoms with van der Waals surface area (Å²) in [5.74, 6) is 0.127. The standard InChI is InChI=1S/C14H16FN3O2S/c1-9-10(2)21(19,20)7-6-18(9)14-13-11(15)4-3-5-12(13)16-8-17-14/h3-5,8-10H,6-7H2,1-2H3. The van der Waals surface area contributed by atoms with E-state index in [1.165, 1.54) is 12.4 Å². The lowest BCUT2D eigenvalue weighted by atomic mass is 10.1. The molecule has 0 radical (unpaired) electrons. The highest BCUT2D eigenvalue weighted by Crippen LogP contribution is 2.30. The highest BCUT2D eigenvalue weighted by molar-refractivity contribution is 7.92. The summed E-state index contributed by atoms with van der Waals surface area (Å²) in [5, 5.41) is -0.165. The van der Waals surface area contributed by atoms with Gasteiger partial charge in [0.2, 0.25) is 0 Å². The van der Waals surface area contributed by atoms with Gasteiger partial charge in [0.15, 0.2) is 9.84 Å². The molecular weight excluding hydrogens is 293 g/mol. The molecule has 2 aromatic rings. The van der Waals surface area contributed by atoms with Crippen LogP contribution in [0.3, 0.4) is 0 Å². The predicted octanol–water partition coefficient (Wildman–Crippen LogP) is 1.78. The van der Waals surface area contributed by atoms with Gasteiger partial charge in [-0.1, -0.05) is 6.07 Å². The highest BCUT2D eigenvalue weighted by Gasteiger charge is 2.37. The highest BCUT2D eigenvalue weighted by atomic mass is 32.2. The Morgan fingerprint density at radius 2 is 2.05 bits per heavy atom. The largest absolute Gasteiger partial charge is 0.351 e. The van der Waals surface area contributed by atoms with E-state index in [1.807, 2.05) is 11.8 Å². The number of sulfone groups is 1. The van der Waals surface area contributed by atoms with Gasteiger partial charge in [0, 0.05) is 12.6 Å². The summed E-state index contributed by atoms with van der Waals surface area (Å²) in [7, 11) is -3.09. The minimum Gasteiger partial charge on any atom is -0.351 e. The molecule has 1 saturated heterocycles. The number of nitrogens with zero attached hydrogens (tertiary/aromatic N) is 3. The van der Waals surface area contributed by atoms with Gasteiger partial charge in [-0.15, -0.1) is 0 Å². The summed E-state index contributed by atoms with van der Waals surface area (Å²) >= 11 is 0. The number of rotatable bonds is 1. The zero-order valence-corrected chi connectivity index (χ0v) is 12.6. The number of fused-ring (bicyclic) bond motifs is 1. The third-order valence-electron chi connectivity index (χ3n) is 4.22. The Morgan fingerprint density at radius 3 is 2.81 bits per heavy atom. The molecule has 112 valence electrons. The Hall–Kier alpha value is -1.76. The molecule has 5 nitrogen and oxygen atoms in total. The first kappa shape index (κ1) is 14.2. The van der Waals surface area contributed by atoms with Crippen molar-refractivity contribution >= 4 is 26.6 Å². The van der Waals surface area contributed by atoms with Gasteiger partial charge in [-0.3, -0.25) is 0 Å². The number of hydrogen-bond acceptors (Lipinski definition) is 5. The molecule has 7 heteroatoms. The maximum Gasteiger partial charge on any atom is 0.156 e. The van der Waals surface area contributed by atoms with Gasteiger partial charge in [-0.25, -0.2) is 22.8 Å². The Bertz CT molecular complexity index is 789. The average Bonchev–Trinajstić information content (AvgIpc) is 2.45. The van der Waals surface area contributed by atoms with Crippen molar-refractivity contribution < 1.29 is 12.8 Å². The molecule has 1 aromatic heterocycles. The zero-order valence-electron chi connectivity index (χ0n) is 11.8. The second-order valence-corrected chi connectivity index (χ2v) is 7.81. The van der Waals surface area contributed by atoms with Gasteiger partial charge in [0.25, 0.3) is 0 Å². The Labute approximate surface area is 122 Å². The molecular formula is C14H16FN3O2S. The maximum atomic E-state index is 14.2. The van der Waals surface area contributed by atoms with Gasteiger partial charge >= 0.3 is 0 Å². The molecule has 1 aromatic carbocycles. The fraction of sp³-hybridized carbons (Fsp3) is 0.429. The van der Waals surface area contributed by atoms with Crippen LogP contribution < -0.4 is 4.90 Å². The van der Waals surface area contributed by atoms with Crippen molar-refractivity contribution in [1.82, 2.24) is 9.97 Å². The first-order valence-electron chi connectivity index (χ1n) is 6.79. The topological polar surface area (TPSA) is 63.2 Å². The molecule has 0 aliphatic carbocycles. The number of halogens is 1. The van der Waals surface area contributed by atoms with Gasteiger partial charge in [0.05, 0.1) is 21.9 Å². The van der Waals surface area contributed by atoms with Crippen molar-refractivity contribution in [3.8, 4) is 0 Å². The van der Waals surface area contributed by atoms with E-state index in [4.69, 9.17) is 0 Å². The molecule has 0 amide bonds. The van der Waals surface area contributed by atoms with E-state index in [-0.39, 0.29) is 11.8 Å². The molecule has 2 atom stereocenters. The minimum atomic E-state index is -3.09. The third kappa shape index (κ3) is 2.25. The number of hydrogen-bond donors (Lipinski definition) is 0. The summed E-state index contributed by atoms with van der Waals surface area (Å²) in [4.78, 5) is 10.1. The Morgan fingerprint density at radius 1 is 1.29 bits per heavy atom. The quantitative estimate of drug-likeness (QED) is 0.803. The fourth-order valence-electron chi connectivity index (χ4n) is 2.74. The van der Waals surface area contributed by atoms with Crippen LogP contribution in [0, 0.1) is 5.82 Å². The summed E-state index contributed by atoms with van der Waals surface area (Å²) < 4.78 is 38.1. The predicted molar refractivity (Wildman–Crippen MR) is 79.6 cm³/mol. The molecule has 0 spiro atoms. The monoisotopic (exact) mass is 309 g/mol. The molecule has 0 bridgehead atoms. The second kappa shape index (κ2) is 4.91. The zero-order chi connectivity index (χ0) is 15.2. The summed E-state index contributed by atoms with van der Waals surface area (Å²) in [6.45, 7) is 3.83. The minimum absolute atomic E-state index is 0.0540. The van der Waals surface area contributed by atoms with Gasteiger partial charge < -0.3 is 4.90 Å². The van der Waals surface area contributed by atoms with E-state index < -0.39 is 20.9 Å². The lowest BCUT2D eigenvalue weighted by molar-refractivity contribution is 0.531. The summed E-state index contributed by atoms with van der Waals surface area (Å²) in [5.41, 5.74) is 0.522. The first-order valence-corrected chi connectivity index (χ1v) is 8.51. The van der Waals surface area contributed by atoms with E-state index >= 15 is 0 Å². The average molecular weight is 309 g/mol. The van der Waals surface area contributed by atoms with Crippen LogP contribution in [0.2, 0.25) is 0 Å². The number of benzene rings is 1. The van der Waals surface area contributed by atoms with Crippen LogP contribution in [0.4, 0.5) is 10.2 Å². The number of anilines is 1. The van der Waals surface area contributed by atoms with E-state index in [2.05, 4.69) is 9.97 Å². The van der Waals surface area contributed by atoms with E-state index in [0.717, 1.165) is 0 Å². The fourth-order valence-corrected chi connectivity index (χ4v) is 4.31. The molecule has 21 heavy (non-hydrogen) atoms. The third-order valence-corrected chi connectivity index (χ3v) is 6.50. The van der Waals surface area contributed by atoms with Gasteiger partial charge in [0.1, 0.15) is 18.0 Å². The van der Waals surface area contributed by atoms with Crippen LogP contribution in [0.15, 0.2) is 24.5 Å². The summed E-state index contributed by atoms with van der Waals surface area (Å²) in [6, 6.07) is 4.42. The molecule has 1 fully saturated rings. The summed E-state index contributed by atoms with van der Waals surface area (Å²) in [6.07, 6.45) is 1.39. The van der Waals surface area contributed by atoms with Gasteiger partial charge in [-0.2, -0.15) is 0 Å². The van der Waals surface area contributed by atoms with Crippen LogP contribution in [0.5, 0.6) is 0 Å². The van der Waals surface area contributed by atoms with Crippen LogP contribution in [0.25, 0.3) is 10.9 Å². The molecule has 1 aliphatic rings. The van der Waals surface area contributed by atoms with Crippen molar-refractivity contribution in [3.05, 3.63) is 30.3 Å². The molecule has 1 aliphatic heterocycles. The molecule has 3 rings (SSSR count). The Kier molecular flexibility index (Phi) is 3.32. The van der Waals surface area contributed by atoms with Crippen LogP contribution in [-0.2, 0) is 9.84 Å². The lowest BCUT2D eigenvalue weighted by Gasteiger charge is -2.38. The molecule has 0 N–H and O–H groups in total. The van der Waals surface area contributed by atoms with Crippen LogP contribution >= 0.6 is 0 Å². The van der Waals surface area contributed by atoms with Crippen molar-refractivity contribution in [2.45, 2.75) is 25.1 Å². The normalized spacial score (nSPS) is 25.2. The van der Waals surface area contributed by atoms with E-state index in [9.17, 15) is 12.8 Å². The number of aromatic nitrogens is 2. The molecule has 0 saturated carbocycles. The molecule has 2 heterocycles. The second-order valence-electron chi connectivity index (χ2n) is 5.34. The van der Waals surface area contributed by atoms with Crippen molar-refractivity contribution in [2.24, 2.45) is 0 Å². The smallest absolute Gasteiger partial charge is 0.156 e. The Balaban J connectivity index is 2.14. The van der Waals surface area contributed by atoms with E-state index in [1.54, 1.807) is 19.1 Å². The van der Waals surface area contributed by atoms with Gasteiger partial charge in [-0.05, 0) is 26.0 Å². The van der Waals surface area contributed by atoms with Crippen LogP contribution in [0.1, 0.15) is 13.8 Å². The van der Waals surface area contributed by atoms with Crippen LogP contribution in [-0.4, -0.2) is 42.0 Å². The van der Waals surface area contributed by atoms with Crippen molar-refractivity contribution in [3.63, 3.8) is 0 Å². The first-order chi connectivity index (χ1) is 9.92. The molecule has 2 unspecified atom stereocenters. The van der Waals surface area contributed by atoms with Crippen molar-refractivity contribution in [1.29, 1.82) is 0 Å². The lowest BCUT2D eigenvalue weighted by Crippen LogP contribution is -2.52. The maximum absolute atomic E-state index is 14.2. The van der Waals surface area contributed by atoms with Crippen molar-refractivity contribution in [2.75, 3.05) is 17.2 Å².